The van der Waals surface area contributed by atoms with E-state index in [9.17, 15) is 14.9 Å². The first-order valence-electron chi connectivity index (χ1n) is 8.99. The SMILES string of the molecule is COc1ccc(/C=N\NC(=O)Cn2cc([N+](=O)[O-])cn2)cc1COc1ccccc1Cl. The van der Waals surface area contributed by atoms with E-state index in [0.29, 0.717) is 22.1 Å². The maximum atomic E-state index is 11.9. The van der Waals surface area contributed by atoms with E-state index in [1.807, 2.05) is 18.2 Å². The summed E-state index contributed by atoms with van der Waals surface area (Å²) >= 11 is 6.11. The van der Waals surface area contributed by atoms with E-state index in [0.717, 1.165) is 22.6 Å². The number of halogens is 1. The summed E-state index contributed by atoms with van der Waals surface area (Å²) in [5.41, 5.74) is 3.63. The molecule has 0 radical (unpaired) electrons. The molecule has 3 aromatic rings. The molecule has 0 unspecified atom stereocenters. The number of benzene rings is 2. The van der Waals surface area contributed by atoms with Gasteiger partial charge in [0.2, 0.25) is 0 Å². The van der Waals surface area contributed by atoms with Gasteiger partial charge in [-0.2, -0.15) is 10.2 Å². The molecule has 0 aliphatic rings. The summed E-state index contributed by atoms with van der Waals surface area (Å²) in [4.78, 5) is 22.0. The second-order valence-corrected chi connectivity index (χ2v) is 6.64. The van der Waals surface area contributed by atoms with Gasteiger partial charge in [-0.15, -0.1) is 0 Å². The monoisotopic (exact) mass is 443 g/mol. The number of aromatic nitrogens is 2. The van der Waals surface area contributed by atoms with Gasteiger partial charge in [-0.3, -0.25) is 19.6 Å². The molecular formula is C20H18ClN5O5. The maximum absolute atomic E-state index is 11.9. The van der Waals surface area contributed by atoms with Crippen molar-refractivity contribution in [1.29, 1.82) is 0 Å². The van der Waals surface area contributed by atoms with Crippen molar-refractivity contribution in [3.05, 3.63) is 81.1 Å². The van der Waals surface area contributed by atoms with Crippen molar-refractivity contribution in [2.75, 3.05) is 7.11 Å². The normalized spacial score (nSPS) is 10.8. The summed E-state index contributed by atoms with van der Waals surface area (Å²) in [6.07, 6.45) is 3.69. The molecule has 0 spiro atoms. The first-order chi connectivity index (χ1) is 15.0. The van der Waals surface area contributed by atoms with Crippen LogP contribution in [0.2, 0.25) is 5.02 Å². The maximum Gasteiger partial charge on any atom is 0.307 e. The summed E-state index contributed by atoms with van der Waals surface area (Å²) in [7, 11) is 1.56. The van der Waals surface area contributed by atoms with E-state index >= 15 is 0 Å². The van der Waals surface area contributed by atoms with E-state index in [-0.39, 0.29) is 18.8 Å². The highest BCUT2D eigenvalue weighted by molar-refractivity contribution is 6.32. The molecule has 1 amide bonds. The van der Waals surface area contributed by atoms with Crippen LogP contribution in [0.5, 0.6) is 11.5 Å². The fourth-order valence-corrected chi connectivity index (χ4v) is 2.79. The molecule has 0 atom stereocenters. The first kappa shape index (κ1) is 21.8. The summed E-state index contributed by atoms with van der Waals surface area (Å²) in [6.45, 7) is 0.0176. The Bertz CT molecular complexity index is 1110. The first-order valence-corrected chi connectivity index (χ1v) is 9.37. The smallest absolute Gasteiger partial charge is 0.307 e. The Kier molecular flexibility index (Phi) is 7.17. The van der Waals surface area contributed by atoms with Crippen LogP contribution in [-0.2, 0) is 17.9 Å². The number of hydrogen-bond donors (Lipinski definition) is 1. The Morgan fingerprint density at radius 3 is 2.84 bits per heavy atom. The van der Waals surface area contributed by atoms with Gasteiger partial charge in [0.1, 0.15) is 37.0 Å². The fraction of sp³-hybridized carbons (Fsp3) is 0.150. The zero-order valence-electron chi connectivity index (χ0n) is 16.4. The lowest BCUT2D eigenvalue weighted by molar-refractivity contribution is -0.385. The summed E-state index contributed by atoms with van der Waals surface area (Å²) in [5.74, 6) is 0.704. The van der Waals surface area contributed by atoms with Crippen LogP contribution in [0.3, 0.4) is 0 Å². The second kappa shape index (κ2) is 10.2. The molecule has 0 bridgehead atoms. The van der Waals surface area contributed by atoms with Gasteiger partial charge < -0.3 is 9.47 Å². The number of carbonyl (C=O) groups is 1. The van der Waals surface area contributed by atoms with Crippen LogP contribution >= 0.6 is 11.6 Å². The van der Waals surface area contributed by atoms with Crippen LogP contribution in [0.4, 0.5) is 5.69 Å². The van der Waals surface area contributed by atoms with Gasteiger partial charge in [0.05, 0.1) is 23.3 Å². The largest absolute Gasteiger partial charge is 0.496 e. The Hall–Kier alpha value is -3.92. The van der Waals surface area contributed by atoms with Crippen molar-refractivity contribution in [3.63, 3.8) is 0 Å². The number of carbonyl (C=O) groups excluding carboxylic acids is 1. The van der Waals surface area contributed by atoms with Crippen LogP contribution in [-0.4, -0.2) is 33.9 Å². The highest BCUT2D eigenvalue weighted by Gasteiger charge is 2.11. The van der Waals surface area contributed by atoms with Crippen LogP contribution in [0.1, 0.15) is 11.1 Å². The topological polar surface area (TPSA) is 121 Å². The fourth-order valence-electron chi connectivity index (χ4n) is 2.60. The van der Waals surface area contributed by atoms with Gasteiger partial charge in [-0.05, 0) is 35.9 Å². The van der Waals surface area contributed by atoms with Gasteiger partial charge in [0.15, 0.2) is 0 Å². The summed E-state index contributed by atoms with van der Waals surface area (Å²) in [6, 6.07) is 12.5. The summed E-state index contributed by atoms with van der Waals surface area (Å²) < 4.78 is 12.3. The number of para-hydroxylation sites is 1. The number of hydrazone groups is 1. The lowest BCUT2D eigenvalue weighted by Gasteiger charge is -2.12. The molecular weight excluding hydrogens is 426 g/mol. The molecule has 10 nitrogen and oxygen atoms in total. The lowest BCUT2D eigenvalue weighted by atomic mass is 10.1. The Morgan fingerprint density at radius 2 is 2.13 bits per heavy atom. The zero-order valence-corrected chi connectivity index (χ0v) is 17.2. The molecule has 0 saturated heterocycles. The third-order valence-electron chi connectivity index (χ3n) is 4.06. The molecule has 11 heteroatoms. The number of hydrogen-bond acceptors (Lipinski definition) is 7. The van der Waals surface area contributed by atoms with E-state index < -0.39 is 10.8 Å². The van der Waals surface area contributed by atoms with E-state index in [4.69, 9.17) is 21.1 Å². The van der Waals surface area contributed by atoms with Crippen LogP contribution in [0.15, 0.2) is 60.0 Å². The standard InChI is InChI=1S/C20H18ClN5O5/c1-30-18-7-6-14(8-15(18)13-31-19-5-3-2-4-17(19)21)9-22-24-20(27)12-25-11-16(10-23-25)26(28)29/h2-11H,12-13H2,1H3,(H,24,27)/b22-9-. The van der Waals surface area contributed by atoms with Crippen molar-refractivity contribution < 1.29 is 19.2 Å². The van der Waals surface area contributed by atoms with Gasteiger partial charge >= 0.3 is 5.69 Å². The van der Waals surface area contributed by atoms with Crippen LogP contribution in [0.25, 0.3) is 0 Å². The molecule has 160 valence electrons. The molecule has 2 aromatic carbocycles. The number of nitrogens with zero attached hydrogens (tertiary/aromatic N) is 4. The molecule has 0 fully saturated rings. The minimum absolute atomic E-state index is 0.193. The molecule has 0 aliphatic heterocycles. The third-order valence-corrected chi connectivity index (χ3v) is 4.38. The predicted molar refractivity (Wildman–Crippen MR) is 113 cm³/mol. The second-order valence-electron chi connectivity index (χ2n) is 6.24. The Labute approximate surface area is 182 Å². The van der Waals surface area contributed by atoms with Crippen molar-refractivity contribution in [2.45, 2.75) is 13.2 Å². The summed E-state index contributed by atoms with van der Waals surface area (Å²) in [5, 5.41) is 18.8. The molecule has 1 aromatic heterocycles. The van der Waals surface area contributed by atoms with E-state index in [2.05, 4.69) is 15.6 Å². The van der Waals surface area contributed by atoms with Gasteiger partial charge in [-0.25, -0.2) is 5.43 Å². The van der Waals surface area contributed by atoms with Crippen LogP contribution < -0.4 is 14.9 Å². The number of ether oxygens (including phenoxy) is 2. The zero-order chi connectivity index (χ0) is 22.2. The van der Waals surface area contributed by atoms with Crippen molar-refractivity contribution in [3.8, 4) is 11.5 Å². The molecule has 1 N–H and O–H groups in total. The molecule has 31 heavy (non-hydrogen) atoms. The number of amides is 1. The number of rotatable bonds is 9. The number of nitrogens with one attached hydrogen (secondary N) is 1. The molecule has 1 heterocycles. The average molecular weight is 444 g/mol. The number of methoxy groups -OCH3 is 1. The highest BCUT2D eigenvalue weighted by Crippen LogP contribution is 2.26. The van der Waals surface area contributed by atoms with Crippen molar-refractivity contribution in [1.82, 2.24) is 15.2 Å². The quantitative estimate of drug-likeness (QED) is 0.308. The number of nitro groups is 1. The third kappa shape index (κ3) is 6.03. The minimum Gasteiger partial charge on any atom is -0.496 e. The lowest BCUT2D eigenvalue weighted by Crippen LogP contribution is -2.23. The Morgan fingerprint density at radius 1 is 1.32 bits per heavy atom. The molecule has 0 saturated carbocycles. The highest BCUT2D eigenvalue weighted by atomic mass is 35.5. The van der Waals surface area contributed by atoms with Gasteiger partial charge in [-0.1, -0.05) is 23.7 Å². The molecule has 0 aliphatic carbocycles. The average Bonchev–Trinajstić information content (AvgIpc) is 3.22. The predicted octanol–water partition coefficient (Wildman–Crippen LogP) is 3.18. The van der Waals surface area contributed by atoms with E-state index in [1.54, 1.807) is 31.4 Å². The Balaban J connectivity index is 1.60. The van der Waals surface area contributed by atoms with E-state index in [1.165, 1.54) is 6.21 Å². The molecule has 3 rings (SSSR count). The van der Waals surface area contributed by atoms with Crippen molar-refractivity contribution >= 4 is 29.4 Å². The van der Waals surface area contributed by atoms with Crippen LogP contribution in [0, 0.1) is 10.1 Å². The van der Waals surface area contributed by atoms with Crippen molar-refractivity contribution in [2.24, 2.45) is 5.10 Å². The van der Waals surface area contributed by atoms with Gasteiger partial charge in [0.25, 0.3) is 5.91 Å². The minimum atomic E-state index is -0.587. The van der Waals surface area contributed by atoms with Gasteiger partial charge in [0, 0.05) is 5.56 Å².